The molecule has 1 aromatic heterocycles. The number of nitrogens with one attached hydrogen (secondary N) is 1. The molecule has 0 spiro atoms. The van der Waals surface area contributed by atoms with E-state index in [2.05, 4.69) is 10.4 Å². The van der Waals surface area contributed by atoms with Crippen molar-refractivity contribution in [3.8, 4) is 0 Å². The van der Waals surface area contributed by atoms with Crippen LogP contribution in [0.15, 0.2) is 18.2 Å². The number of hydrogen-bond donors (Lipinski definition) is 1. The third-order valence-corrected chi connectivity index (χ3v) is 5.02. The number of aromatic nitrogens is 2. The molecule has 0 radical (unpaired) electrons. The molecule has 0 unspecified atom stereocenters. The highest BCUT2D eigenvalue weighted by atomic mass is 19.1. The predicted octanol–water partition coefficient (Wildman–Crippen LogP) is 4.21. The molecule has 0 saturated carbocycles. The van der Waals surface area contributed by atoms with Crippen molar-refractivity contribution in [2.45, 2.75) is 46.1 Å². The third-order valence-electron chi connectivity index (χ3n) is 5.02. The second kappa shape index (κ2) is 7.43. The van der Waals surface area contributed by atoms with E-state index in [-0.39, 0.29) is 11.9 Å². The third kappa shape index (κ3) is 3.57. The minimum atomic E-state index is -0.457. The molecule has 5 nitrogen and oxygen atoms in total. The van der Waals surface area contributed by atoms with Gasteiger partial charge in [0, 0.05) is 25.6 Å². The molecule has 1 N–H and O–H groups in total. The number of likely N-dealkylation sites (tertiary alicyclic amines) is 1. The van der Waals surface area contributed by atoms with E-state index in [1.54, 1.807) is 4.90 Å². The summed E-state index contributed by atoms with van der Waals surface area (Å²) in [4.78, 5) is 14.4. The average molecular weight is 362 g/mol. The molecule has 2 amide bonds. The van der Waals surface area contributed by atoms with Crippen LogP contribution in [0.5, 0.6) is 0 Å². The maximum Gasteiger partial charge on any atom is 0.321 e. The molecule has 1 saturated heterocycles. The SMILES string of the molecule is CCn1nc(C)c(NC(=O)N2CCC[C@H](c3cc(F)ccc3F)C2)c1C. The van der Waals surface area contributed by atoms with Crippen molar-refractivity contribution in [3.63, 3.8) is 0 Å². The van der Waals surface area contributed by atoms with Gasteiger partial charge in [-0.15, -0.1) is 0 Å². The normalized spacial score (nSPS) is 17.4. The van der Waals surface area contributed by atoms with E-state index in [4.69, 9.17) is 0 Å². The lowest BCUT2D eigenvalue weighted by atomic mass is 9.90. The number of halogens is 2. The van der Waals surface area contributed by atoms with Crippen LogP contribution in [0.1, 0.15) is 42.6 Å². The highest BCUT2D eigenvalue weighted by Crippen LogP contribution is 2.30. The van der Waals surface area contributed by atoms with Crippen molar-refractivity contribution in [1.29, 1.82) is 0 Å². The van der Waals surface area contributed by atoms with Crippen molar-refractivity contribution >= 4 is 11.7 Å². The van der Waals surface area contributed by atoms with Gasteiger partial charge in [0.05, 0.1) is 17.1 Å². The van der Waals surface area contributed by atoms with E-state index in [1.807, 2.05) is 25.5 Å². The molecule has 3 rings (SSSR count). The summed E-state index contributed by atoms with van der Waals surface area (Å²) in [6.07, 6.45) is 1.48. The van der Waals surface area contributed by atoms with Gasteiger partial charge >= 0.3 is 6.03 Å². The minimum Gasteiger partial charge on any atom is -0.324 e. The number of urea groups is 1. The molecule has 1 aliphatic rings. The standard InChI is InChI=1S/C19H24F2N4O/c1-4-25-13(3)18(12(2)23-25)22-19(26)24-9-5-6-14(11-24)16-10-15(20)7-8-17(16)21/h7-8,10,14H,4-6,9,11H2,1-3H3,(H,22,26)/t14-/m0/s1. The lowest BCUT2D eigenvalue weighted by Gasteiger charge is -2.33. The van der Waals surface area contributed by atoms with Crippen LogP contribution in [-0.4, -0.2) is 33.8 Å². The van der Waals surface area contributed by atoms with Gasteiger partial charge in [-0.25, -0.2) is 13.6 Å². The number of hydrogen-bond acceptors (Lipinski definition) is 2. The zero-order valence-electron chi connectivity index (χ0n) is 15.4. The Labute approximate surface area is 152 Å². The lowest BCUT2D eigenvalue weighted by molar-refractivity contribution is 0.192. The summed E-state index contributed by atoms with van der Waals surface area (Å²) < 4.78 is 29.4. The fraction of sp³-hybridized carbons (Fsp3) is 0.474. The van der Waals surface area contributed by atoms with Gasteiger partial charge in [-0.2, -0.15) is 5.10 Å². The summed E-state index contributed by atoms with van der Waals surface area (Å²) in [5, 5.41) is 7.34. The summed E-state index contributed by atoms with van der Waals surface area (Å²) >= 11 is 0. The highest BCUT2D eigenvalue weighted by Gasteiger charge is 2.27. The molecule has 1 aromatic carbocycles. The van der Waals surface area contributed by atoms with E-state index in [0.717, 1.165) is 48.6 Å². The van der Waals surface area contributed by atoms with Gasteiger partial charge in [-0.3, -0.25) is 4.68 Å². The number of aryl methyl sites for hydroxylation is 2. The monoisotopic (exact) mass is 362 g/mol. The quantitative estimate of drug-likeness (QED) is 0.889. The number of carbonyl (C=O) groups is 1. The number of rotatable bonds is 3. The van der Waals surface area contributed by atoms with Crippen molar-refractivity contribution in [2.24, 2.45) is 0 Å². The Morgan fingerprint density at radius 2 is 2.12 bits per heavy atom. The van der Waals surface area contributed by atoms with Gasteiger partial charge in [0.15, 0.2) is 0 Å². The number of piperidine rings is 1. The van der Waals surface area contributed by atoms with E-state index < -0.39 is 11.6 Å². The molecular formula is C19H24F2N4O. The molecular weight excluding hydrogens is 338 g/mol. The Hall–Kier alpha value is -2.44. The van der Waals surface area contributed by atoms with Crippen LogP contribution in [0, 0.1) is 25.5 Å². The first-order valence-corrected chi connectivity index (χ1v) is 8.95. The zero-order valence-corrected chi connectivity index (χ0v) is 15.4. The number of carbonyl (C=O) groups excluding carboxylic acids is 1. The summed E-state index contributed by atoms with van der Waals surface area (Å²) in [5.41, 5.74) is 2.73. The molecule has 1 atom stereocenters. The second-order valence-corrected chi connectivity index (χ2v) is 6.74. The van der Waals surface area contributed by atoms with Crippen molar-refractivity contribution in [1.82, 2.24) is 14.7 Å². The smallest absolute Gasteiger partial charge is 0.321 e. The van der Waals surface area contributed by atoms with E-state index >= 15 is 0 Å². The van der Waals surface area contributed by atoms with Crippen LogP contribution in [0.2, 0.25) is 0 Å². The van der Waals surface area contributed by atoms with Crippen LogP contribution in [-0.2, 0) is 6.54 Å². The van der Waals surface area contributed by atoms with Crippen LogP contribution >= 0.6 is 0 Å². The van der Waals surface area contributed by atoms with Gasteiger partial charge < -0.3 is 10.2 Å². The van der Waals surface area contributed by atoms with Gasteiger partial charge in [0.2, 0.25) is 0 Å². The van der Waals surface area contributed by atoms with E-state index in [0.29, 0.717) is 18.7 Å². The van der Waals surface area contributed by atoms with Gasteiger partial charge in [0.25, 0.3) is 0 Å². The number of benzene rings is 1. The largest absolute Gasteiger partial charge is 0.324 e. The molecule has 7 heteroatoms. The van der Waals surface area contributed by atoms with Crippen LogP contribution in [0.4, 0.5) is 19.3 Å². The Bertz CT molecular complexity index is 818. The fourth-order valence-electron chi connectivity index (χ4n) is 3.61. The lowest BCUT2D eigenvalue weighted by Crippen LogP contribution is -2.42. The van der Waals surface area contributed by atoms with Crippen molar-refractivity contribution < 1.29 is 13.6 Å². The molecule has 26 heavy (non-hydrogen) atoms. The molecule has 1 fully saturated rings. The molecule has 1 aliphatic heterocycles. The molecule has 0 bridgehead atoms. The molecule has 2 aromatic rings. The van der Waals surface area contributed by atoms with Crippen molar-refractivity contribution in [3.05, 3.63) is 46.8 Å². The average Bonchev–Trinajstić information content (AvgIpc) is 2.91. The topological polar surface area (TPSA) is 50.2 Å². The summed E-state index contributed by atoms with van der Waals surface area (Å²) in [6, 6.07) is 3.27. The zero-order chi connectivity index (χ0) is 18.8. The first kappa shape index (κ1) is 18.4. The first-order chi connectivity index (χ1) is 12.4. The maximum atomic E-state index is 14.1. The Balaban J connectivity index is 1.74. The summed E-state index contributed by atoms with van der Waals surface area (Å²) in [6.45, 7) is 7.46. The Morgan fingerprint density at radius 3 is 2.81 bits per heavy atom. The number of amides is 2. The van der Waals surface area contributed by atoms with Gasteiger partial charge in [0.1, 0.15) is 11.6 Å². The van der Waals surface area contributed by atoms with Gasteiger partial charge in [-0.05, 0) is 57.4 Å². The first-order valence-electron chi connectivity index (χ1n) is 8.95. The summed E-state index contributed by atoms with van der Waals surface area (Å²) in [5.74, 6) is -1.08. The van der Waals surface area contributed by atoms with Crippen LogP contribution in [0.3, 0.4) is 0 Å². The van der Waals surface area contributed by atoms with Crippen molar-refractivity contribution in [2.75, 3.05) is 18.4 Å². The highest BCUT2D eigenvalue weighted by molar-refractivity contribution is 5.90. The van der Waals surface area contributed by atoms with Crippen LogP contribution < -0.4 is 5.32 Å². The number of nitrogens with zero attached hydrogens (tertiary/aromatic N) is 3. The Kier molecular flexibility index (Phi) is 5.25. The molecule has 0 aliphatic carbocycles. The van der Waals surface area contributed by atoms with Crippen LogP contribution in [0.25, 0.3) is 0 Å². The minimum absolute atomic E-state index is 0.203. The molecule has 140 valence electrons. The predicted molar refractivity (Wildman–Crippen MR) is 96.3 cm³/mol. The summed E-state index contributed by atoms with van der Waals surface area (Å²) in [7, 11) is 0. The maximum absolute atomic E-state index is 14.1. The van der Waals surface area contributed by atoms with E-state index in [9.17, 15) is 13.6 Å². The van der Waals surface area contributed by atoms with E-state index in [1.165, 1.54) is 6.07 Å². The van der Waals surface area contributed by atoms with Gasteiger partial charge in [-0.1, -0.05) is 0 Å². The Morgan fingerprint density at radius 1 is 1.35 bits per heavy atom. The second-order valence-electron chi connectivity index (χ2n) is 6.74. The molecule has 2 heterocycles. The fourth-order valence-corrected chi connectivity index (χ4v) is 3.61. The number of anilines is 1.